The number of carbonyl (C=O) groups is 1. The molecule has 0 spiro atoms. The molecule has 110 valence electrons. The molecule has 0 atom stereocenters. The van der Waals surface area contributed by atoms with Gasteiger partial charge in [-0.1, -0.05) is 25.7 Å². The molecular weight excluding hydrogens is 240 g/mol. The zero-order valence-electron chi connectivity index (χ0n) is 12.0. The number of ether oxygens (including phenoxy) is 1. The summed E-state index contributed by atoms with van der Waals surface area (Å²) in [6.07, 6.45) is 10.8. The first kappa shape index (κ1) is 14.8. The van der Waals surface area contributed by atoms with E-state index in [1.54, 1.807) is 0 Å². The normalized spacial score (nSPS) is 22.8. The van der Waals surface area contributed by atoms with Crippen LogP contribution in [0.3, 0.4) is 0 Å². The van der Waals surface area contributed by atoms with Gasteiger partial charge < -0.3 is 15.8 Å². The fraction of sp³-hybridized carbons (Fsp3) is 0.933. The number of rotatable bonds is 7. The van der Waals surface area contributed by atoms with E-state index in [-0.39, 0.29) is 11.3 Å². The second-order valence-electron chi connectivity index (χ2n) is 6.08. The summed E-state index contributed by atoms with van der Waals surface area (Å²) in [5.74, 6) is 0.152. The number of hydrogen-bond acceptors (Lipinski definition) is 3. The van der Waals surface area contributed by atoms with Crippen LogP contribution in [-0.2, 0) is 9.53 Å². The smallest absolute Gasteiger partial charge is 0.227 e. The molecule has 3 N–H and O–H groups in total. The van der Waals surface area contributed by atoms with Crippen LogP contribution in [0.5, 0.6) is 0 Å². The number of amides is 1. The second kappa shape index (κ2) is 7.25. The lowest BCUT2D eigenvalue weighted by atomic mass is 9.68. The first-order valence-corrected chi connectivity index (χ1v) is 7.87. The van der Waals surface area contributed by atoms with Crippen LogP contribution < -0.4 is 11.1 Å². The quantitative estimate of drug-likeness (QED) is 0.694. The Morgan fingerprint density at radius 2 is 1.95 bits per heavy atom. The van der Waals surface area contributed by atoms with Gasteiger partial charge in [-0.25, -0.2) is 0 Å². The Morgan fingerprint density at radius 1 is 1.21 bits per heavy atom. The minimum atomic E-state index is -0.246. The van der Waals surface area contributed by atoms with Crippen LogP contribution in [0.15, 0.2) is 0 Å². The Hall–Kier alpha value is -0.610. The van der Waals surface area contributed by atoms with Gasteiger partial charge in [0.05, 0.1) is 11.5 Å². The van der Waals surface area contributed by atoms with E-state index in [0.29, 0.717) is 19.2 Å². The molecule has 0 aromatic carbocycles. The maximum absolute atomic E-state index is 12.0. The molecule has 4 heteroatoms. The van der Waals surface area contributed by atoms with Crippen LogP contribution in [0.4, 0.5) is 0 Å². The molecule has 0 radical (unpaired) electrons. The van der Waals surface area contributed by atoms with Gasteiger partial charge in [0.25, 0.3) is 0 Å². The summed E-state index contributed by atoms with van der Waals surface area (Å²) in [5, 5.41) is 3.02. The first-order valence-electron chi connectivity index (χ1n) is 7.87. The molecule has 0 heterocycles. The average molecular weight is 268 g/mol. The number of hydrogen-bond donors (Lipinski definition) is 2. The fourth-order valence-electron chi connectivity index (χ4n) is 3.07. The average Bonchev–Trinajstić information content (AvgIpc) is 2.39. The highest BCUT2D eigenvalue weighted by molar-refractivity contribution is 5.83. The molecule has 2 aliphatic rings. The maximum Gasteiger partial charge on any atom is 0.227 e. The third-order valence-electron chi connectivity index (χ3n) is 4.70. The Labute approximate surface area is 116 Å². The lowest BCUT2D eigenvalue weighted by Crippen LogP contribution is -2.50. The Kier molecular flexibility index (Phi) is 5.64. The van der Waals surface area contributed by atoms with Crippen LogP contribution in [-0.4, -0.2) is 31.7 Å². The third kappa shape index (κ3) is 3.93. The van der Waals surface area contributed by atoms with Crippen LogP contribution in [0.2, 0.25) is 0 Å². The topological polar surface area (TPSA) is 64.4 Å². The van der Waals surface area contributed by atoms with E-state index < -0.39 is 0 Å². The number of nitrogens with one attached hydrogen (secondary N) is 1. The molecule has 2 aliphatic carbocycles. The third-order valence-corrected chi connectivity index (χ3v) is 4.70. The SMILES string of the molecule is NCC1(C(=O)NCCCOC2CCCCC2)CCC1. The highest BCUT2D eigenvalue weighted by Crippen LogP contribution is 2.39. The molecule has 2 fully saturated rings. The van der Waals surface area contributed by atoms with Crippen LogP contribution >= 0.6 is 0 Å². The van der Waals surface area contributed by atoms with Gasteiger partial charge in [-0.15, -0.1) is 0 Å². The highest BCUT2D eigenvalue weighted by atomic mass is 16.5. The number of nitrogens with two attached hydrogens (primary N) is 1. The molecular formula is C15H28N2O2. The van der Waals surface area contributed by atoms with Crippen LogP contribution in [0.1, 0.15) is 57.8 Å². The van der Waals surface area contributed by atoms with Crippen molar-refractivity contribution in [2.75, 3.05) is 19.7 Å². The molecule has 0 aliphatic heterocycles. The minimum Gasteiger partial charge on any atom is -0.378 e. The molecule has 0 bridgehead atoms. The van der Waals surface area contributed by atoms with Gasteiger partial charge in [-0.05, 0) is 32.1 Å². The minimum absolute atomic E-state index is 0.152. The van der Waals surface area contributed by atoms with Gasteiger partial charge in [0, 0.05) is 19.7 Å². The highest BCUT2D eigenvalue weighted by Gasteiger charge is 2.42. The summed E-state index contributed by atoms with van der Waals surface area (Å²) in [7, 11) is 0. The molecule has 0 unspecified atom stereocenters. The predicted octanol–water partition coefficient (Wildman–Crippen LogP) is 1.97. The standard InChI is InChI=1S/C15H28N2O2/c16-12-15(8-4-9-15)14(18)17-10-5-11-19-13-6-2-1-3-7-13/h13H,1-12,16H2,(H,17,18). The van der Waals surface area contributed by atoms with Gasteiger partial charge in [0.1, 0.15) is 0 Å². The van der Waals surface area contributed by atoms with Crippen molar-refractivity contribution in [1.29, 1.82) is 0 Å². The zero-order valence-corrected chi connectivity index (χ0v) is 12.0. The Balaban J connectivity index is 1.53. The predicted molar refractivity (Wildman–Crippen MR) is 75.8 cm³/mol. The lowest BCUT2D eigenvalue weighted by molar-refractivity contribution is -0.135. The van der Waals surface area contributed by atoms with Crippen molar-refractivity contribution in [1.82, 2.24) is 5.32 Å². The second-order valence-corrected chi connectivity index (χ2v) is 6.08. The van der Waals surface area contributed by atoms with Crippen molar-refractivity contribution in [2.24, 2.45) is 11.1 Å². The summed E-state index contributed by atoms with van der Waals surface area (Å²) in [6.45, 7) is 1.96. The van der Waals surface area contributed by atoms with E-state index in [1.165, 1.54) is 32.1 Å². The summed E-state index contributed by atoms with van der Waals surface area (Å²) < 4.78 is 5.84. The molecule has 0 saturated heterocycles. The van der Waals surface area contributed by atoms with Crippen LogP contribution in [0, 0.1) is 5.41 Å². The Bertz CT molecular complexity index is 278. The van der Waals surface area contributed by atoms with E-state index in [9.17, 15) is 4.79 Å². The maximum atomic E-state index is 12.0. The van der Waals surface area contributed by atoms with Gasteiger partial charge in [-0.2, -0.15) is 0 Å². The van der Waals surface area contributed by atoms with Crippen LogP contribution in [0.25, 0.3) is 0 Å². The van der Waals surface area contributed by atoms with Crippen molar-refractivity contribution in [3.05, 3.63) is 0 Å². The monoisotopic (exact) mass is 268 g/mol. The first-order chi connectivity index (χ1) is 9.27. The van der Waals surface area contributed by atoms with Crippen molar-refractivity contribution in [2.45, 2.75) is 63.9 Å². The van der Waals surface area contributed by atoms with Crippen molar-refractivity contribution in [3.63, 3.8) is 0 Å². The van der Waals surface area contributed by atoms with E-state index in [4.69, 9.17) is 10.5 Å². The molecule has 2 rings (SSSR count). The summed E-state index contributed by atoms with van der Waals surface area (Å²) in [6, 6.07) is 0. The molecule has 0 aromatic rings. The van der Waals surface area contributed by atoms with Gasteiger partial charge >= 0.3 is 0 Å². The van der Waals surface area contributed by atoms with E-state index in [2.05, 4.69) is 5.32 Å². The fourth-order valence-corrected chi connectivity index (χ4v) is 3.07. The van der Waals surface area contributed by atoms with Crippen molar-refractivity contribution in [3.8, 4) is 0 Å². The lowest BCUT2D eigenvalue weighted by Gasteiger charge is -2.39. The van der Waals surface area contributed by atoms with E-state index >= 15 is 0 Å². The van der Waals surface area contributed by atoms with Crippen molar-refractivity contribution >= 4 is 5.91 Å². The van der Waals surface area contributed by atoms with Gasteiger partial charge in [-0.3, -0.25) is 4.79 Å². The zero-order chi connectivity index (χ0) is 13.6. The molecule has 0 aromatic heterocycles. The molecule has 2 saturated carbocycles. The largest absolute Gasteiger partial charge is 0.378 e. The Morgan fingerprint density at radius 3 is 2.53 bits per heavy atom. The van der Waals surface area contributed by atoms with E-state index in [0.717, 1.165) is 32.3 Å². The van der Waals surface area contributed by atoms with Gasteiger partial charge in [0.15, 0.2) is 0 Å². The van der Waals surface area contributed by atoms with E-state index in [1.807, 2.05) is 0 Å². The van der Waals surface area contributed by atoms with Crippen molar-refractivity contribution < 1.29 is 9.53 Å². The summed E-state index contributed by atoms with van der Waals surface area (Å²) in [5.41, 5.74) is 5.47. The number of carbonyl (C=O) groups excluding carboxylic acids is 1. The molecule has 4 nitrogen and oxygen atoms in total. The summed E-state index contributed by atoms with van der Waals surface area (Å²) in [4.78, 5) is 12.0. The van der Waals surface area contributed by atoms with Gasteiger partial charge in [0.2, 0.25) is 5.91 Å². The summed E-state index contributed by atoms with van der Waals surface area (Å²) >= 11 is 0. The molecule has 19 heavy (non-hydrogen) atoms. The molecule has 1 amide bonds.